The zero-order valence-corrected chi connectivity index (χ0v) is 25.4. The Kier molecular flexibility index (Phi) is 7.14. The number of hydrogen-bond acceptors (Lipinski definition) is 8. The van der Waals surface area contributed by atoms with Crippen LogP contribution in [0.3, 0.4) is 0 Å². The summed E-state index contributed by atoms with van der Waals surface area (Å²) in [6.07, 6.45) is 13.5. The third kappa shape index (κ3) is 4.77. The molecule has 232 valence electrons. The molecule has 0 unspecified atom stereocenters. The second-order valence-corrected chi connectivity index (χ2v) is 12.4. The van der Waals surface area contributed by atoms with Crippen LogP contribution in [-0.2, 0) is 0 Å². The molecule has 0 amide bonds. The Morgan fingerprint density at radius 1 is 0.848 bits per heavy atom. The van der Waals surface area contributed by atoms with Gasteiger partial charge in [0.2, 0.25) is 0 Å². The zero-order chi connectivity index (χ0) is 31.3. The summed E-state index contributed by atoms with van der Waals surface area (Å²) in [6.45, 7) is 5.09. The molecular formula is C36H33F2N7O. The van der Waals surface area contributed by atoms with E-state index in [1.807, 2.05) is 12.1 Å². The first-order valence-electron chi connectivity index (χ1n) is 15.9. The van der Waals surface area contributed by atoms with Gasteiger partial charge in [-0.05, 0) is 62.4 Å². The molecule has 0 spiro atoms. The minimum atomic E-state index is -0.631. The number of pyridine rings is 2. The van der Waals surface area contributed by atoms with Gasteiger partial charge in [-0.15, -0.1) is 6.42 Å². The number of nitrogens with zero attached hydrogens (tertiary/aromatic N) is 7. The summed E-state index contributed by atoms with van der Waals surface area (Å²) >= 11 is 0. The fourth-order valence-corrected chi connectivity index (χ4v) is 7.56. The number of aromatic nitrogens is 4. The van der Waals surface area contributed by atoms with E-state index in [0.29, 0.717) is 60.3 Å². The van der Waals surface area contributed by atoms with Gasteiger partial charge in [-0.25, -0.2) is 13.8 Å². The molecule has 8 rings (SSSR count). The van der Waals surface area contributed by atoms with Crippen molar-refractivity contribution in [3.8, 4) is 29.6 Å². The Labute approximate surface area is 266 Å². The van der Waals surface area contributed by atoms with E-state index in [-0.39, 0.29) is 22.8 Å². The lowest BCUT2D eigenvalue weighted by Gasteiger charge is -2.37. The molecule has 0 saturated carbocycles. The van der Waals surface area contributed by atoms with Crippen molar-refractivity contribution in [3.63, 3.8) is 0 Å². The first kappa shape index (κ1) is 28.6. The number of ether oxygens (including phenoxy) is 1. The summed E-state index contributed by atoms with van der Waals surface area (Å²) in [4.78, 5) is 25.4. The van der Waals surface area contributed by atoms with Crippen molar-refractivity contribution in [1.29, 1.82) is 0 Å². The first-order valence-corrected chi connectivity index (χ1v) is 15.9. The van der Waals surface area contributed by atoms with Crippen LogP contribution in [-0.4, -0.2) is 76.3 Å². The number of anilines is 2. The van der Waals surface area contributed by atoms with Gasteiger partial charge in [0.25, 0.3) is 0 Å². The smallest absolute Gasteiger partial charge is 0.319 e. The Morgan fingerprint density at radius 3 is 2.35 bits per heavy atom. The highest BCUT2D eigenvalue weighted by atomic mass is 19.1. The highest BCUT2D eigenvalue weighted by molar-refractivity contribution is 5.99. The maximum atomic E-state index is 16.7. The number of terminal acetylenes is 1. The molecule has 2 aromatic carbocycles. The fraction of sp³-hybridized carbons (Fsp3) is 0.333. The van der Waals surface area contributed by atoms with Gasteiger partial charge in [-0.2, -0.15) is 9.97 Å². The van der Waals surface area contributed by atoms with E-state index in [2.05, 4.69) is 35.6 Å². The third-order valence-electron chi connectivity index (χ3n) is 9.85. The summed E-state index contributed by atoms with van der Waals surface area (Å²) in [6, 6.07) is 14.0. The second kappa shape index (κ2) is 11.5. The van der Waals surface area contributed by atoms with E-state index in [0.717, 1.165) is 50.2 Å². The van der Waals surface area contributed by atoms with Crippen molar-refractivity contribution in [3.05, 3.63) is 78.1 Å². The van der Waals surface area contributed by atoms with Crippen molar-refractivity contribution < 1.29 is 13.5 Å². The molecule has 0 aliphatic carbocycles. The zero-order valence-electron chi connectivity index (χ0n) is 25.4. The van der Waals surface area contributed by atoms with Crippen LogP contribution < -0.4 is 14.5 Å². The lowest BCUT2D eigenvalue weighted by atomic mass is 9.95. The van der Waals surface area contributed by atoms with Gasteiger partial charge in [0.15, 0.2) is 5.82 Å². The first-order chi connectivity index (χ1) is 22.5. The van der Waals surface area contributed by atoms with Crippen LogP contribution in [0.4, 0.5) is 20.4 Å². The van der Waals surface area contributed by atoms with Gasteiger partial charge in [0.05, 0.1) is 16.5 Å². The monoisotopic (exact) mass is 617 g/mol. The highest BCUT2D eigenvalue weighted by Crippen LogP contribution is 2.40. The number of halogens is 2. The number of hydrogen-bond donors (Lipinski definition) is 0. The molecular weight excluding hydrogens is 584 g/mol. The summed E-state index contributed by atoms with van der Waals surface area (Å²) < 4.78 is 38.1. The van der Waals surface area contributed by atoms with Crippen molar-refractivity contribution in [1.82, 2.24) is 24.8 Å². The Hall–Kier alpha value is -4.88. The van der Waals surface area contributed by atoms with Crippen LogP contribution in [0.1, 0.15) is 31.2 Å². The van der Waals surface area contributed by atoms with Gasteiger partial charge < -0.3 is 14.5 Å². The van der Waals surface area contributed by atoms with E-state index < -0.39 is 11.6 Å². The third-order valence-corrected chi connectivity index (χ3v) is 9.85. The fourth-order valence-electron chi connectivity index (χ4n) is 7.56. The van der Waals surface area contributed by atoms with E-state index in [1.165, 1.54) is 6.07 Å². The summed E-state index contributed by atoms with van der Waals surface area (Å²) in [5, 5.41) is 1.47. The molecule has 3 aromatic heterocycles. The van der Waals surface area contributed by atoms with Crippen molar-refractivity contribution in [2.24, 2.45) is 0 Å². The molecule has 0 radical (unpaired) electrons. The number of benzene rings is 2. The average Bonchev–Trinajstić information content (AvgIpc) is 3.68. The van der Waals surface area contributed by atoms with Crippen LogP contribution in [0.2, 0.25) is 0 Å². The topological polar surface area (TPSA) is 70.5 Å². The minimum absolute atomic E-state index is 0.0239. The maximum absolute atomic E-state index is 16.7. The summed E-state index contributed by atoms with van der Waals surface area (Å²) in [5.74, 6) is 3.00. The normalized spacial score (nSPS) is 17.8. The SMILES string of the molecule is C#Cc1cccnc1N1CCN(c2nc(OCC34CCCN3CCC4)nc3c(F)c(-c4cccc5cccc(F)c45)ncc23)CC1. The molecule has 3 aliphatic heterocycles. The van der Waals surface area contributed by atoms with Crippen LogP contribution in [0.25, 0.3) is 32.9 Å². The largest absolute Gasteiger partial charge is 0.461 e. The van der Waals surface area contributed by atoms with E-state index in [1.54, 1.807) is 42.7 Å². The summed E-state index contributed by atoms with van der Waals surface area (Å²) in [7, 11) is 0. The van der Waals surface area contributed by atoms with E-state index in [9.17, 15) is 0 Å². The molecule has 5 aromatic rings. The molecule has 3 saturated heterocycles. The molecule has 8 nitrogen and oxygen atoms in total. The van der Waals surface area contributed by atoms with Gasteiger partial charge in [0, 0.05) is 49.5 Å². The predicted octanol–water partition coefficient (Wildman–Crippen LogP) is 5.83. The molecule has 46 heavy (non-hydrogen) atoms. The van der Waals surface area contributed by atoms with Gasteiger partial charge in [-0.1, -0.05) is 36.3 Å². The molecule has 3 fully saturated rings. The van der Waals surface area contributed by atoms with Crippen LogP contribution in [0.5, 0.6) is 6.01 Å². The second-order valence-electron chi connectivity index (χ2n) is 12.4. The van der Waals surface area contributed by atoms with Crippen molar-refractivity contribution >= 4 is 33.3 Å². The van der Waals surface area contributed by atoms with Crippen LogP contribution >= 0.6 is 0 Å². The Bertz CT molecular complexity index is 1990. The molecule has 10 heteroatoms. The van der Waals surface area contributed by atoms with E-state index in [4.69, 9.17) is 16.1 Å². The summed E-state index contributed by atoms with van der Waals surface area (Å²) in [5.41, 5.74) is 1.24. The Morgan fingerprint density at radius 2 is 1.59 bits per heavy atom. The molecule has 0 N–H and O–H groups in total. The highest BCUT2D eigenvalue weighted by Gasteiger charge is 2.45. The van der Waals surface area contributed by atoms with Crippen LogP contribution in [0.15, 0.2) is 60.9 Å². The molecule has 3 aliphatic rings. The van der Waals surface area contributed by atoms with E-state index >= 15 is 8.78 Å². The Balaban J connectivity index is 1.19. The molecule has 0 bridgehead atoms. The van der Waals surface area contributed by atoms with Gasteiger partial charge >= 0.3 is 6.01 Å². The minimum Gasteiger partial charge on any atom is -0.461 e. The van der Waals surface area contributed by atoms with Gasteiger partial charge in [0.1, 0.15) is 35.3 Å². The van der Waals surface area contributed by atoms with Crippen molar-refractivity contribution in [2.45, 2.75) is 31.2 Å². The lowest BCUT2D eigenvalue weighted by Crippen LogP contribution is -2.47. The number of rotatable bonds is 6. The maximum Gasteiger partial charge on any atom is 0.319 e. The lowest BCUT2D eigenvalue weighted by molar-refractivity contribution is 0.108. The van der Waals surface area contributed by atoms with Crippen LogP contribution in [0, 0.1) is 24.0 Å². The molecule has 6 heterocycles. The molecule has 0 atom stereocenters. The quantitative estimate of drug-likeness (QED) is 0.221. The average molecular weight is 618 g/mol. The standard InChI is InChI=1S/C36H33F2N7O/c1-2-24-10-5-15-39-33(24)43-18-20-44(21-19-43)34-27-22-40-31(26-11-3-8-25-9-4-12-28(37)29(25)26)30(38)32(27)41-35(42-34)46-23-36-13-6-16-45(36)17-7-14-36/h1,3-5,8-12,15,22H,6-7,13-14,16-21,23H2. The number of piperazine rings is 1. The van der Waals surface area contributed by atoms with Crippen molar-refractivity contribution in [2.75, 3.05) is 55.7 Å². The van der Waals surface area contributed by atoms with Gasteiger partial charge in [-0.3, -0.25) is 9.88 Å². The predicted molar refractivity (Wildman–Crippen MR) is 175 cm³/mol. The number of fused-ring (bicyclic) bond motifs is 3.